The first kappa shape index (κ1) is 14.8. The lowest BCUT2D eigenvalue weighted by atomic mass is 10.2. The third-order valence-corrected chi connectivity index (χ3v) is 2.09. The zero-order chi connectivity index (χ0) is 13.6. The SMILES string of the molecule is CC(C)COCCNc1cc(C(F)(F)F)ccn1. The van der Waals surface area contributed by atoms with Crippen molar-refractivity contribution >= 4 is 5.82 Å². The number of halogens is 3. The monoisotopic (exact) mass is 262 g/mol. The molecular formula is C12H17F3N2O. The van der Waals surface area contributed by atoms with E-state index in [9.17, 15) is 13.2 Å². The summed E-state index contributed by atoms with van der Waals surface area (Å²) in [6.45, 7) is 5.57. The van der Waals surface area contributed by atoms with Crippen molar-refractivity contribution in [2.75, 3.05) is 25.1 Å². The van der Waals surface area contributed by atoms with Crippen molar-refractivity contribution in [2.45, 2.75) is 20.0 Å². The molecule has 0 aliphatic heterocycles. The van der Waals surface area contributed by atoms with Crippen LogP contribution in [-0.4, -0.2) is 24.7 Å². The zero-order valence-electron chi connectivity index (χ0n) is 10.4. The highest BCUT2D eigenvalue weighted by molar-refractivity contribution is 5.38. The van der Waals surface area contributed by atoms with E-state index < -0.39 is 11.7 Å². The molecule has 1 N–H and O–H groups in total. The molecule has 0 amide bonds. The smallest absolute Gasteiger partial charge is 0.379 e. The Morgan fingerprint density at radius 2 is 2.11 bits per heavy atom. The van der Waals surface area contributed by atoms with Crippen LogP contribution in [0.1, 0.15) is 19.4 Å². The predicted octanol–water partition coefficient (Wildman–Crippen LogP) is 3.18. The van der Waals surface area contributed by atoms with Crippen molar-refractivity contribution in [1.29, 1.82) is 0 Å². The van der Waals surface area contributed by atoms with Gasteiger partial charge in [-0.1, -0.05) is 13.8 Å². The van der Waals surface area contributed by atoms with Crippen molar-refractivity contribution in [3.8, 4) is 0 Å². The summed E-state index contributed by atoms with van der Waals surface area (Å²) in [5.74, 6) is 0.648. The van der Waals surface area contributed by atoms with E-state index in [-0.39, 0.29) is 5.82 Å². The van der Waals surface area contributed by atoms with Crippen LogP contribution < -0.4 is 5.32 Å². The van der Waals surface area contributed by atoms with Gasteiger partial charge >= 0.3 is 6.18 Å². The Balaban J connectivity index is 2.39. The Kier molecular flexibility index (Phi) is 5.40. The van der Waals surface area contributed by atoms with E-state index >= 15 is 0 Å². The molecule has 0 aliphatic carbocycles. The molecule has 1 rings (SSSR count). The van der Waals surface area contributed by atoms with E-state index in [1.165, 1.54) is 0 Å². The van der Waals surface area contributed by atoms with Gasteiger partial charge in [-0.25, -0.2) is 4.98 Å². The first-order chi connectivity index (χ1) is 8.39. The van der Waals surface area contributed by atoms with E-state index in [0.717, 1.165) is 18.3 Å². The summed E-state index contributed by atoms with van der Waals surface area (Å²) in [6, 6.07) is 1.93. The van der Waals surface area contributed by atoms with Crippen LogP contribution in [-0.2, 0) is 10.9 Å². The molecule has 0 spiro atoms. The van der Waals surface area contributed by atoms with Crippen LogP contribution in [0.4, 0.5) is 19.0 Å². The number of pyridine rings is 1. The molecule has 1 aromatic rings. The molecule has 0 saturated heterocycles. The number of hydrogen-bond donors (Lipinski definition) is 1. The molecule has 0 bridgehead atoms. The van der Waals surface area contributed by atoms with Crippen molar-refractivity contribution in [1.82, 2.24) is 4.98 Å². The average Bonchev–Trinajstić information content (AvgIpc) is 2.27. The average molecular weight is 262 g/mol. The van der Waals surface area contributed by atoms with Crippen LogP contribution in [0.5, 0.6) is 0 Å². The fourth-order valence-corrected chi connectivity index (χ4v) is 1.27. The van der Waals surface area contributed by atoms with Crippen LogP contribution in [0.3, 0.4) is 0 Å². The Morgan fingerprint density at radius 3 is 2.72 bits per heavy atom. The van der Waals surface area contributed by atoms with Crippen LogP contribution in [0.25, 0.3) is 0 Å². The third kappa shape index (κ3) is 5.35. The summed E-state index contributed by atoms with van der Waals surface area (Å²) in [7, 11) is 0. The molecule has 0 radical (unpaired) electrons. The lowest BCUT2D eigenvalue weighted by Crippen LogP contribution is -2.13. The second-order valence-corrected chi connectivity index (χ2v) is 4.32. The van der Waals surface area contributed by atoms with Gasteiger partial charge in [0.15, 0.2) is 0 Å². The molecular weight excluding hydrogens is 245 g/mol. The number of ether oxygens (including phenoxy) is 1. The second-order valence-electron chi connectivity index (χ2n) is 4.32. The molecule has 0 saturated carbocycles. The number of nitrogens with zero attached hydrogens (tertiary/aromatic N) is 1. The molecule has 0 fully saturated rings. The Morgan fingerprint density at radius 1 is 1.39 bits per heavy atom. The lowest BCUT2D eigenvalue weighted by molar-refractivity contribution is -0.137. The van der Waals surface area contributed by atoms with Gasteiger partial charge in [-0.05, 0) is 18.1 Å². The number of alkyl halides is 3. The van der Waals surface area contributed by atoms with Gasteiger partial charge in [0.05, 0.1) is 12.2 Å². The van der Waals surface area contributed by atoms with Crippen molar-refractivity contribution in [3.05, 3.63) is 23.9 Å². The number of aromatic nitrogens is 1. The summed E-state index contributed by atoms with van der Waals surface area (Å²) in [4.78, 5) is 3.82. The topological polar surface area (TPSA) is 34.1 Å². The predicted molar refractivity (Wildman–Crippen MR) is 63.4 cm³/mol. The molecule has 18 heavy (non-hydrogen) atoms. The van der Waals surface area contributed by atoms with Crippen molar-refractivity contribution < 1.29 is 17.9 Å². The minimum Gasteiger partial charge on any atom is -0.379 e. The van der Waals surface area contributed by atoms with Crippen LogP contribution in [0, 0.1) is 5.92 Å². The van der Waals surface area contributed by atoms with Gasteiger partial charge in [0.25, 0.3) is 0 Å². The molecule has 1 aromatic heterocycles. The minimum absolute atomic E-state index is 0.206. The number of nitrogens with one attached hydrogen (secondary N) is 1. The summed E-state index contributed by atoms with van der Waals surface area (Å²) >= 11 is 0. The zero-order valence-corrected chi connectivity index (χ0v) is 10.4. The molecule has 6 heteroatoms. The summed E-state index contributed by atoms with van der Waals surface area (Å²) in [6.07, 6.45) is -3.20. The Bertz CT molecular complexity index is 367. The van der Waals surface area contributed by atoms with Crippen molar-refractivity contribution in [2.24, 2.45) is 5.92 Å². The van der Waals surface area contributed by atoms with Crippen LogP contribution in [0.2, 0.25) is 0 Å². The Hall–Kier alpha value is -1.30. The van der Waals surface area contributed by atoms with Gasteiger partial charge in [0, 0.05) is 19.3 Å². The summed E-state index contributed by atoms with van der Waals surface area (Å²) in [5, 5.41) is 2.79. The quantitative estimate of drug-likeness (QED) is 0.799. The van der Waals surface area contributed by atoms with Gasteiger partial charge in [0.2, 0.25) is 0 Å². The first-order valence-corrected chi connectivity index (χ1v) is 5.74. The summed E-state index contributed by atoms with van der Waals surface area (Å²) < 4.78 is 42.6. The molecule has 0 aromatic carbocycles. The maximum atomic E-state index is 12.4. The third-order valence-electron chi connectivity index (χ3n) is 2.09. The normalized spacial score (nSPS) is 11.9. The van der Waals surface area contributed by atoms with E-state index in [0.29, 0.717) is 25.7 Å². The fourth-order valence-electron chi connectivity index (χ4n) is 1.27. The van der Waals surface area contributed by atoms with Gasteiger partial charge in [-0.2, -0.15) is 13.2 Å². The molecule has 0 aliphatic rings. The number of hydrogen-bond acceptors (Lipinski definition) is 3. The highest BCUT2D eigenvalue weighted by atomic mass is 19.4. The van der Waals surface area contributed by atoms with E-state index in [2.05, 4.69) is 10.3 Å². The van der Waals surface area contributed by atoms with E-state index in [4.69, 9.17) is 4.74 Å². The van der Waals surface area contributed by atoms with Gasteiger partial charge in [0.1, 0.15) is 5.82 Å². The van der Waals surface area contributed by atoms with Crippen LogP contribution in [0.15, 0.2) is 18.3 Å². The standard InChI is InChI=1S/C12H17F3N2O/c1-9(2)8-18-6-5-17-11-7-10(3-4-16-11)12(13,14)15/h3-4,7,9H,5-6,8H2,1-2H3,(H,16,17). The number of rotatable bonds is 6. The van der Waals surface area contributed by atoms with Gasteiger partial charge in [-0.3, -0.25) is 0 Å². The fraction of sp³-hybridized carbons (Fsp3) is 0.583. The second kappa shape index (κ2) is 6.58. The van der Waals surface area contributed by atoms with E-state index in [1.807, 2.05) is 13.8 Å². The minimum atomic E-state index is -4.34. The first-order valence-electron chi connectivity index (χ1n) is 5.74. The molecule has 0 unspecified atom stereocenters. The molecule has 102 valence electrons. The van der Waals surface area contributed by atoms with Crippen LogP contribution >= 0.6 is 0 Å². The molecule has 3 nitrogen and oxygen atoms in total. The van der Waals surface area contributed by atoms with E-state index in [1.54, 1.807) is 0 Å². The Labute approximate surface area is 104 Å². The summed E-state index contributed by atoms with van der Waals surface area (Å²) in [5.41, 5.74) is -0.705. The largest absolute Gasteiger partial charge is 0.416 e. The van der Waals surface area contributed by atoms with Gasteiger partial charge in [-0.15, -0.1) is 0 Å². The molecule has 0 atom stereocenters. The molecule has 1 heterocycles. The highest BCUT2D eigenvalue weighted by Crippen LogP contribution is 2.29. The maximum absolute atomic E-state index is 12.4. The van der Waals surface area contributed by atoms with Gasteiger partial charge < -0.3 is 10.1 Å². The highest BCUT2D eigenvalue weighted by Gasteiger charge is 2.30. The van der Waals surface area contributed by atoms with Crippen molar-refractivity contribution in [3.63, 3.8) is 0 Å². The lowest BCUT2D eigenvalue weighted by Gasteiger charge is -2.10. The number of anilines is 1. The maximum Gasteiger partial charge on any atom is 0.416 e.